The summed E-state index contributed by atoms with van der Waals surface area (Å²) in [4.78, 5) is 23.0. The minimum absolute atomic E-state index is 0.0934. The minimum atomic E-state index is -0.822. The van der Waals surface area contributed by atoms with E-state index in [4.69, 9.17) is 9.84 Å². The van der Waals surface area contributed by atoms with Crippen LogP contribution in [0, 0.1) is 13.8 Å². The van der Waals surface area contributed by atoms with Crippen LogP contribution < -0.4 is 10.1 Å². The Morgan fingerprint density at radius 1 is 1.08 bits per heavy atom. The Morgan fingerprint density at radius 2 is 1.67 bits per heavy atom. The lowest BCUT2D eigenvalue weighted by Crippen LogP contribution is -2.12. The van der Waals surface area contributed by atoms with E-state index in [1.807, 2.05) is 26.0 Å². The SMILES string of the molecule is COc1c(C)cc(C(=O)Nc2ccc(CCC(=O)O)cc2)cc1C. The Kier molecular flexibility index (Phi) is 5.58. The van der Waals surface area contributed by atoms with Crippen molar-refractivity contribution in [3.8, 4) is 5.75 Å². The summed E-state index contributed by atoms with van der Waals surface area (Å²) >= 11 is 0. The van der Waals surface area contributed by atoms with Crippen LogP contribution in [0.1, 0.15) is 33.5 Å². The van der Waals surface area contributed by atoms with E-state index < -0.39 is 5.97 Å². The maximum atomic E-state index is 12.4. The number of aryl methyl sites for hydroxylation is 3. The lowest BCUT2D eigenvalue weighted by molar-refractivity contribution is -0.136. The molecule has 2 aromatic carbocycles. The minimum Gasteiger partial charge on any atom is -0.496 e. The molecular weight excluding hydrogens is 306 g/mol. The third kappa shape index (κ3) is 4.35. The lowest BCUT2D eigenvalue weighted by atomic mass is 10.0. The zero-order valence-corrected chi connectivity index (χ0v) is 14.1. The number of carboxylic acid groups (broad SMARTS) is 1. The van der Waals surface area contributed by atoms with E-state index in [1.165, 1.54) is 0 Å². The number of carbonyl (C=O) groups is 2. The number of methoxy groups -OCH3 is 1. The van der Waals surface area contributed by atoms with Gasteiger partial charge in [-0.2, -0.15) is 0 Å². The Balaban J connectivity index is 2.08. The van der Waals surface area contributed by atoms with Gasteiger partial charge < -0.3 is 15.2 Å². The van der Waals surface area contributed by atoms with Crippen molar-refractivity contribution >= 4 is 17.6 Å². The number of aliphatic carboxylic acids is 1. The molecule has 2 rings (SSSR count). The van der Waals surface area contributed by atoms with Gasteiger partial charge in [0.15, 0.2) is 0 Å². The summed E-state index contributed by atoms with van der Waals surface area (Å²) in [5, 5.41) is 11.5. The van der Waals surface area contributed by atoms with Crippen LogP contribution >= 0.6 is 0 Å². The molecule has 5 nitrogen and oxygen atoms in total. The molecule has 0 fully saturated rings. The number of ether oxygens (including phenoxy) is 1. The summed E-state index contributed by atoms with van der Waals surface area (Å²) in [6.45, 7) is 3.81. The first kappa shape index (κ1) is 17.5. The van der Waals surface area contributed by atoms with Gasteiger partial charge in [0.25, 0.3) is 5.91 Å². The first-order valence-corrected chi connectivity index (χ1v) is 7.68. The van der Waals surface area contributed by atoms with E-state index in [0.29, 0.717) is 17.7 Å². The number of carbonyl (C=O) groups excluding carboxylic acids is 1. The quantitative estimate of drug-likeness (QED) is 0.850. The molecule has 2 aromatic rings. The van der Waals surface area contributed by atoms with E-state index in [2.05, 4.69) is 5.32 Å². The van der Waals surface area contributed by atoms with Crippen molar-refractivity contribution in [2.75, 3.05) is 12.4 Å². The number of nitrogens with one attached hydrogen (secondary N) is 1. The molecule has 24 heavy (non-hydrogen) atoms. The molecule has 0 unspecified atom stereocenters. The van der Waals surface area contributed by atoms with Gasteiger partial charge in [-0.05, 0) is 61.2 Å². The average molecular weight is 327 g/mol. The van der Waals surface area contributed by atoms with Crippen LogP contribution in [0.4, 0.5) is 5.69 Å². The highest BCUT2D eigenvalue weighted by Gasteiger charge is 2.11. The molecule has 0 aliphatic heterocycles. The lowest BCUT2D eigenvalue weighted by Gasteiger charge is -2.12. The standard InChI is InChI=1S/C19H21NO4/c1-12-10-15(11-13(2)18(12)24-3)19(23)20-16-7-4-14(5-8-16)6-9-17(21)22/h4-5,7-8,10-11H,6,9H2,1-3H3,(H,20,23)(H,21,22). The topological polar surface area (TPSA) is 75.6 Å². The average Bonchev–Trinajstić information content (AvgIpc) is 2.53. The fraction of sp³-hybridized carbons (Fsp3) is 0.263. The third-order valence-electron chi connectivity index (χ3n) is 3.77. The van der Waals surface area contributed by atoms with Gasteiger partial charge in [0, 0.05) is 17.7 Å². The van der Waals surface area contributed by atoms with Gasteiger partial charge >= 0.3 is 5.97 Å². The number of hydrogen-bond donors (Lipinski definition) is 2. The molecule has 0 aliphatic rings. The first-order chi connectivity index (χ1) is 11.4. The molecule has 0 saturated heterocycles. The van der Waals surface area contributed by atoms with Gasteiger partial charge in [-0.3, -0.25) is 9.59 Å². The Hall–Kier alpha value is -2.82. The van der Waals surface area contributed by atoms with Crippen molar-refractivity contribution in [1.29, 1.82) is 0 Å². The highest BCUT2D eigenvalue weighted by atomic mass is 16.5. The summed E-state index contributed by atoms with van der Waals surface area (Å²) in [7, 11) is 1.61. The predicted octanol–water partition coefficient (Wildman–Crippen LogP) is 3.58. The summed E-state index contributed by atoms with van der Waals surface area (Å²) in [5.41, 5.74) is 3.98. The van der Waals surface area contributed by atoms with Crippen molar-refractivity contribution in [2.24, 2.45) is 0 Å². The number of rotatable bonds is 6. The molecule has 2 N–H and O–H groups in total. The monoisotopic (exact) mass is 327 g/mol. The van der Waals surface area contributed by atoms with Gasteiger partial charge in [-0.1, -0.05) is 12.1 Å². The maximum absolute atomic E-state index is 12.4. The summed E-state index contributed by atoms with van der Waals surface area (Å²) in [6, 6.07) is 10.8. The van der Waals surface area contributed by atoms with Gasteiger partial charge in [0.1, 0.15) is 5.75 Å². The fourth-order valence-corrected chi connectivity index (χ4v) is 2.61. The maximum Gasteiger partial charge on any atom is 0.303 e. The first-order valence-electron chi connectivity index (χ1n) is 7.68. The van der Waals surface area contributed by atoms with Crippen LogP contribution in [-0.4, -0.2) is 24.1 Å². The fourth-order valence-electron chi connectivity index (χ4n) is 2.61. The van der Waals surface area contributed by atoms with Crippen LogP contribution in [0.2, 0.25) is 0 Å². The zero-order valence-electron chi connectivity index (χ0n) is 14.1. The molecule has 0 bridgehead atoms. The summed E-state index contributed by atoms with van der Waals surface area (Å²) < 4.78 is 5.31. The Labute approximate surface area is 141 Å². The zero-order chi connectivity index (χ0) is 17.7. The predicted molar refractivity (Wildman–Crippen MR) is 92.8 cm³/mol. The molecule has 0 saturated carbocycles. The van der Waals surface area contributed by atoms with Crippen molar-refractivity contribution in [3.63, 3.8) is 0 Å². The molecule has 5 heteroatoms. The number of benzene rings is 2. The molecule has 1 amide bonds. The number of anilines is 1. The van der Waals surface area contributed by atoms with E-state index in [9.17, 15) is 9.59 Å². The second kappa shape index (κ2) is 7.64. The third-order valence-corrected chi connectivity index (χ3v) is 3.77. The summed E-state index contributed by atoms with van der Waals surface area (Å²) in [6.07, 6.45) is 0.566. The number of carboxylic acids is 1. The number of amides is 1. The van der Waals surface area contributed by atoms with Crippen molar-refractivity contribution in [3.05, 3.63) is 58.7 Å². The normalized spacial score (nSPS) is 10.3. The second-order valence-corrected chi connectivity index (χ2v) is 5.69. The van der Waals surface area contributed by atoms with E-state index in [0.717, 1.165) is 22.4 Å². The Bertz CT molecular complexity index is 727. The molecule has 0 aromatic heterocycles. The van der Waals surface area contributed by atoms with Crippen LogP contribution in [-0.2, 0) is 11.2 Å². The van der Waals surface area contributed by atoms with Crippen molar-refractivity contribution < 1.29 is 19.4 Å². The van der Waals surface area contributed by atoms with Gasteiger partial charge in [0.05, 0.1) is 7.11 Å². The van der Waals surface area contributed by atoms with Gasteiger partial charge in [-0.15, -0.1) is 0 Å². The highest BCUT2D eigenvalue weighted by molar-refractivity contribution is 6.04. The molecule has 0 radical (unpaired) electrons. The smallest absolute Gasteiger partial charge is 0.303 e. The van der Waals surface area contributed by atoms with Crippen LogP contribution in [0.3, 0.4) is 0 Å². The molecular formula is C19H21NO4. The van der Waals surface area contributed by atoms with E-state index in [-0.39, 0.29) is 12.3 Å². The second-order valence-electron chi connectivity index (χ2n) is 5.69. The summed E-state index contributed by atoms with van der Waals surface area (Å²) in [5.74, 6) is -0.228. The van der Waals surface area contributed by atoms with Crippen molar-refractivity contribution in [1.82, 2.24) is 0 Å². The molecule has 0 heterocycles. The number of hydrogen-bond acceptors (Lipinski definition) is 3. The van der Waals surface area contributed by atoms with Crippen LogP contribution in [0.25, 0.3) is 0 Å². The van der Waals surface area contributed by atoms with Gasteiger partial charge in [0.2, 0.25) is 0 Å². The van der Waals surface area contributed by atoms with Crippen LogP contribution in [0.5, 0.6) is 5.75 Å². The molecule has 0 atom stereocenters. The van der Waals surface area contributed by atoms with Crippen molar-refractivity contribution in [2.45, 2.75) is 26.7 Å². The highest BCUT2D eigenvalue weighted by Crippen LogP contribution is 2.24. The van der Waals surface area contributed by atoms with Crippen LogP contribution in [0.15, 0.2) is 36.4 Å². The van der Waals surface area contributed by atoms with Gasteiger partial charge in [-0.25, -0.2) is 0 Å². The molecule has 0 aliphatic carbocycles. The molecule has 126 valence electrons. The van der Waals surface area contributed by atoms with E-state index >= 15 is 0 Å². The van der Waals surface area contributed by atoms with E-state index in [1.54, 1.807) is 31.4 Å². The Morgan fingerprint density at radius 3 is 2.17 bits per heavy atom. The molecule has 0 spiro atoms. The largest absolute Gasteiger partial charge is 0.496 e.